The van der Waals surface area contributed by atoms with E-state index in [9.17, 15) is 9.59 Å². The zero-order chi connectivity index (χ0) is 23.8. The Labute approximate surface area is 206 Å². The fourth-order valence-corrected chi connectivity index (χ4v) is 4.69. The highest BCUT2D eigenvalue weighted by Gasteiger charge is 2.40. The second kappa shape index (κ2) is 11.2. The maximum atomic E-state index is 13.2. The molecule has 0 bridgehead atoms. The Morgan fingerprint density at radius 1 is 0.824 bits per heavy atom. The minimum absolute atomic E-state index is 0.116. The van der Waals surface area contributed by atoms with Crippen molar-refractivity contribution in [3.8, 4) is 0 Å². The number of piperidine rings is 1. The monoisotopic (exact) mass is 476 g/mol. The smallest absolute Gasteiger partial charge is 0.410 e. The molecule has 0 aromatic heterocycles. The van der Waals surface area contributed by atoms with Crippen LogP contribution in [0.4, 0.5) is 4.79 Å². The van der Waals surface area contributed by atoms with Crippen LogP contribution in [-0.2, 0) is 28.1 Å². The van der Waals surface area contributed by atoms with E-state index in [1.165, 1.54) is 4.42 Å². The molecule has 1 saturated heterocycles. The van der Waals surface area contributed by atoms with Crippen LogP contribution < -0.4 is 0 Å². The van der Waals surface area contributed by atoms with Crippen molar-refractivity contribution in [3.63, 3.8) is 0 Å². The minimum Gasteiger partial charge on any atom is -0.445 e. The SMILES string of the molecule is O=C(CC1(c2ccccc2)CCN(C(=O)OCc2ccccc2)CC1)N(Cl)Cc1ccccc1. The number of carbonyl (C=O) groups excluding carboxylic acids is 2. The van der Waals surface area contributed by atoms with Crippen LogP contribution in [0.5, 0.6) is 0 Å². The van der Waals surface area contributed by atoms with E-state index in [2.05, 4.69) is 12.1 Å². The van der Waals surface area contributed by atoms with Gasteiger partial charge >= 0.3 is 6.09 Å². The van der Waals surface area contributed by atoms with Crippen molar-refractivity contribution in [3.05, 3.63) is 108 Å². The summed E-state index contributed by atoms with van der Waals surface area (Å²) in [4.78, 5) is 27.6. The lowest BCUT2D eigenvalue weighted by molar-refractivity contribution is -0.128. The highest BCUT2D eigenvalue weighted by Crippen LogP contribution is 2.39. The van der Waals surface area contributed by atoms with Crippen molar-refractivity contribution in [1.29, 1.82) is 0 Å². The first kappa shape index (κ1) is 23.8. The number of benzene rings is 3. The highest BCUT2D eigenvalue weighted by atomic mass is 35.5. The number of hydrogen-bond donors (Lipinski definition) is 0. The fraction of sp³-hybridized carbons (Fsp3) is 0.286. The second-order valence-electron chi connectivity index (χ2n) is 8.75. The van der Waals surface area contributed by atoms with E-state index in [-0.39, 0.29) is 24.0 Å². The third-order valence-electron chi connectivity index (χ3n) is 6.49. The molecular weight excluding hydrogens is 448 g/mol. The van der Waals surface area contributed by atoms with Crippen LogP contribution in [0.25, 0.3) is 0 Å². The number of hydrogen-bond acceptors (Lipinski definition) is 3. The predicted octanol–water partition coefficient (Wildman–Crippen LogP) is 5.93. The summed E-state index contributed by atoms with van der Waals surface area (Å²) in [6.07, 6.45) is 1.30. The van der Waals surface area contributed by atoms with Gasteiger partial charge in [0.05, 0.1) is 6.54 Å². The molecule has 3 aromatic rings. The molecule has 4 rings (SSSR count). The largest absolute Gasteiger partial charge is 0.445 e. The lowest BCUT2D eigenvalue weighted by atomic mass is 9.70. The van der Waals surface area contributed by atoms with E-state index < -0.39 is 0 Å². The van der Waals surface area contributed by atoms with Crippen LogP contribution in [0.2, 0.25) is 0 Å². The highest BCUT2D eigenvalue weighted by molar-refractivity contribution is 6.21. The van der Waals surface area contributed by atoms with Gasteiger partial charge < -0.3 is 9.64 Å². The molecule has 1 heterocycles. The van der Waals surface area contributed by atoms with Gasteiger partial charge in [0.1, 0.15) is 6.61 Å². The van der Waals surface area contributed by atoms with Crippen molar-refractivity contribution in [2.45, 2.75) is 37.8 Å². The molecule has 1 aliphatic rings. The zero-order valence-corrected chi connectivity index (χ0v) is 19.9. The van der Waals surface area contributed by atoms with E-state index in [0.717, 1.165) is 16.7 Å². The molecule has 1 aliphatic heterocycles. The molecule has 176 valence electrons. The molecule has 3 aromatic carbocycles. The fourth-order valence-electron chi connectivity index (χ4n) is 4.49. The van der Waals surface area contributed by atoms with Crippen molar-refractivity contribution in [2.75, 3.05) is 13.1 Å². The Morgan fingerprint density at radius 3 is 1.94 bits per heavy atom. The maximum absolute atomic E-state index is 13.2. The summed E-state index contributed by atoms with van der Waals surface area (Å²) in [5, 5.41) is 0. The van der Waals surface area contributed by atoms with Gasteiger partial charge in [0.15, 0.2) is 0 Å². The molecule has 0 radical (unpaired) electrons. The zero-order valence-electron chi connectivity index (χ0n) is 19.1. The average molecular weight is 477 g/mol. The van der Waals surface area contributed by atoms with Crippen molar-refractivity contribution < 1.29 is 14.3 Å². The Hall–Kier alpha value is -3.31. The van der Waals surface area contributed by atoms with Gasteiger partial charge in [0.25, 0.3) is 0 Å². The van der Waals surface area contributed by atoms with Gasteiger partial charge in [-0.15, -0.1) is 0 Å². The van der Waals surface area contributed by atoms with E-state index in [4.69, 9.17) is 16.5 Å². The number of nitrogens with zero attached hydrogens (tertiary/aromatic N) is 2. The molecule has 0 aliphatic carbocycles. The summed E-state index contributed by atoms with van der Waals surface area (Å²) in [7, 11) is 0. The first-order chi connectivity index (χ1) is 16.6. The minimum atomic E-state index is -0.377. The first-order valence-electron chi connectivity index (χ1n) is 11.6. The molecule has 6 heteroatoms. The number of ether oxygens (including phenoxy) is 1. The molecule has 0 N–H and O–H groups in total. The van der Waals surface area contributed by atoms with Gasteiger partial charge in [0, 0.05) is 36.7 Å². The molecule has 0 atom stereocenters. The molecule has 0 spiro atoms. The Morgan fingerprint density at radius 2 is 1.35 bits per heavy atom. The molecule has 1 fully saturated rings. The topological polar surface area (TPSA) is 49.9 Å². The van der Waals surface area contributed by atoms with Gasteiger partial charge in [-0.2, -0.15) is 0 Å². The van der Waals surface area contributed by atoms with Crippen LogP contribution in [-0.4, -0.2) is 34.4 Å². The summed E-state index contributed by atoms with van der Waals surface area (Å²) in [6, 6.07) is 29.4. The number of amides is 2. The normalized spacial score (nSPS) is 14.9. The van der Waals surface area contributed by atoms with Gasteiger partial charge in [-0.25, -0.2) is 4.79 Å². The van der Waals surface area contributed by atoms with Crippen LogP contribution >= 0.6 is 11.8 Å². The Balaban J connectivity index is 1.41. The van der Waals surface area contributed by atoms with Crippen LogP contribution in [0.1, 0.15) is 36.0 Å². The van der Waals surface area contributed by atoms with Crippen molar-refractivity contribution in [1.82, 2.24) is 9.32 Å². The van der Waals surface area contributed by atoms with Crippen LogP contribution in [0, 0.1) is 0 Å². The van der Waals surface area contributed by atoms with E-state index in [0.29, 0.717) is 38.9 Å². The number of likely N-dealkylation sites (tertiary alicyclic amines) is 1. The predicted molar refractivity (Wildman–Crippen MR) is 133 cm³/mol. The summed E-state index contributed by atoms with van der Waals surface area (Å²) in [5.74, 6) is -0.116. The van der Waals surface area contributed by atoms with Gasteiger partial charge in [0.2, 0.25) is 5.91 Å². The Bertz CT molecular complexity index is 1070. The van der Waals surface area contributed by atoms with Crippen molar-refractivity contribution >= 4 is 23.8 Å². The van der Waals surface area contributed by atoms with Crippen LogP contribution in [0.3, 0.4) is 0 Å². The molecule has 0 saturated carbocycles. The van der Waals surface area contributed by atoms with Crippen molar-refractivity contribution in [2.24, 2.45) is 0 Å². The Kier molecular flexibility index (Phi) is 7.86. The first-order valence-corrected chi connectivity index (χ1v) is 11.9. The number of rotatable bonds is 7. The van der Waals surface area contributed by atoms with Gasteiger partial charge in [-0.1, -0.05) is 91.0 Å². The average Bonchev–Trinajstić information content (AvgIpc) is 2.89. The van der Waals surface area contributed by atoms with Gasteiger partial charge in [-0.3, -0.25) is 9.21 Å². The van der Waals surface area contributed by atoms with E-state index in [1.807, 2.05) is 78.9 Å². The summed E-state index contributed by atoms with van der Waals surface area (Å²) >= 11 is 6.41. The van der Waals surface area contributed by atoms with E-state index in [1.54, 1.807) is 4.90 Å². The summed E-state index contributed by atoms with van der Waals surface area (Å²) in [6.45, 7) is 1.65. The summed E-state index contributed by atoms with van der Waals surface area (Å²) in [5.41, 5.74) is 2.66. The molecule has 5 nitrogen and oxygen atoms in total. The van der Waals surface area contributed by atoms with Gasteiger partial charge in [-0.05, 0) is 29.5 Å². The lowest BCUT2D eigenvalue weighted by Crippen LogP contribution is -2.47. The second-order valence-corrected chi connectivity index (χ2v) is 9.16. The molecule has 34 heavy (non-hydrogen) atoms. The molecule has 2 amide bonds. The molecular formula is C28H29ClN2O3. The maximum Gasteiger partial charge on any atom is 0.410 e. The number of halogens is 1. The number of carbonyl (C=O) groups is 2. The third-order valence-corrected chi connectivity index (χ3v) is 6.80. The molecule has 0 unspecified atom stereocenters. The van der Waals surface area contributed by atoms with Crippen LogP contribution in [0.15, 0.2) is 91.0 Å². The quantitative estimate of drug-likeness (QED) is 0.397. The van der Waals surface area contributed by atoms with E-state index >= 15 is 0 Å². The standard InChI is InChI=1S/C28H29ClN2O3/c29-31(21-23-10-4-1-5-11-23)26(32)20-28(25-14-8-3-9-15-25)16-18-30(19-17-28)27(33)34-22-24-12-6-2-7-13-24/h1-15H,16-22H2. The lowest BCUT2D eigenvalue weighted by Gasteiger charge is -2.42. The third kappa shape index (κ3) is 5.97. The summed E-state index contributed by atoms with van der Waals surface area (Å²) < 4.78 is 6.80.